The molecule has 1 fully saturated rings. The zero-order valence-corrected chi connectivity index (χ0v) is 14.7. The van der Waals surface area contributed by atoms with Crippen molar-refractivity contribution < 1.29 is 4.42 Å². The lowest BCUT2D eigenvalue weighted by Gasteiger charge is -2.32. The molecule has 0 aliphatic carbocycles. The summed E-state index contributed by atoms with van der Waals surface area (Å²) >= 11 is 6.42. The molecule has 2 aromatic heterocycles. The third kappa shape index (κ3) is 3.60. The fourth-order valence-corrected chi connectivity index (χ4v) is 3.85. The van der Waals surface area contributed by atoms with Gasteiger partial charge in [0.25, 0.3) is 0 Å². The SMILES string of the molecule is Clc1ccccc1-c1cncnc1C1CCCN(Cc2ccoc2)C1. The molecule has 5 heteroatoms. The molecule has 1 aliphatic rings. The minimum absolute atomic E-state index is 0.384. The molecule has 0 bridgehead atoms. The summed E-state index contributed by atoms with van der Waals surface area (Å²) in [6, 6.07) is 9.94. The van der Waals surface area contributed by atoms with E-state index < -0.39 is 0 Å². The summed E-state index contributed by atoms with van der Waals surface area (Å²) in [5.41, 5.74) is 4.37. The molecule has 128 valence electrons. The highest BCUT2D eigenvalue weighted by atomic mass is 35.5. The zero-order chi connectivity index (χ0) is 17.1. The molecule has 3 heterocycles. The van der Waals surface area contributed by atoms with Gasteiger partial charge in [0.05, 0.1) is 18.2 Å². The number of hydrogen-bond acceptors (Lipinski definition) is 4. The lowest BCUT2D eigenvalue weighted by atomic mass is 9.90. The Hall–Kier alpha value is -2.17. The van der Waals surface area contributed by atoms with Gasteiger partial charge in [0.1, 0.15) is 6.33 Å². The first-order valence-corrected chi connectivity index (χ1v) is 8.97. The Balaban J connectivity index is 1.60. The lowest BCUT2D eigenvalue weighted by Crippen LogP contribution is -2.34. The van der Waals surface area contributed by atoms with Crippen molar-refractivity contribution >= 4 is 11.6 Å². The molecule has 1 aliphatic heterocycles. The van der Waals surface area contributed by atoms with Crippen LogP contribution < -0.4 is 0 Å². The minimum atomic E-state index is 0.384. The van der Waals surface area contributed by atoms with Crippen LogP contribution in [0, 0.1) is 0 Å². The fourth-order valence-electron chi connectivity index (χ4n) is 3.61. The van der Waals surface area contributed by atoms with Crippen molar-refractivity contribution in [3.63, 3.8) is 0 Å². The fraction of sp³-hybridized carbons (Fsp3) is 0.300. The van der Waals surface area contributed by atoms with E-state index in [-0.39, 0.29) is 0 Å². The van der Waals surface area contributed by atoms with Crippen molar-refractivity contribution in [3.8, 4) is 11.1 Å². The van der Waals surface area contributed by atoms with Gasteiger partial charge in [-0.1, -0.05) is 29.8 Å². The molecular formula is C20H20ClN3O. The Morgan fingerprint density at radius 2 is 2.12 bits per heavy atom. The van der Waals surface area contributed by atoms with E-state index in [1.165, 1.54) is 5.56 Å². The Labute approximate surface area is 152 Å². The van der Waals surface area contributed by atoms with Crippen LogP contribution in [0.3, 0.4) is 0 Å². The number of nitrogens with zero attached hydrogens (tertiary/aromatic N) is 3. The summed E-state index contributed by atoms with van der Waals surface area (Å²) in [7, 11) is 0. The maximum absolute atomic E-state index is 6.42. The number of benzene rings is 1. The molecule has 3 aromatic rings. The van der Waals surface area contributed by atoms with Crippen LogP contribution in [0.15, 0.2) is 59.8 Å². The summed E-state index contributed by atoms with van der Waals surface area (Å²) in [4.78, 5) is 11.3. The summed E-state index contributed by atoms with van der Waals surface area (Å²) in [6.45, 7) is 3.01. The van der Waals surface area contributed by atoms with Crippen LogP contribution in [0.5, 0.6) is 0 Å². The number of furan rings is 1. The molecule has 1 unspecified atom stereocenters. The van der Waals surface area contributed by atoms with Crippen molar-refractivity contribution in [2.24, 2.45) is 0 Å². The predicted molar refractivity (Wildman–Crippen MR) is 98.4 cm³/mol. The van der Waals surface area contributed by atoms with Gasteiger partial charge in [-0.3, -0.25) is 4.90 Å². The Morgan fingerprint density at radius 1 is 1.20 bits per heavy atom. The molecule has 4 nitrogen and oxygen atoms in total. The van der Waals surface area contributed by atoms with Gasteiger partial charge >= 0.3 is 0 Å². The van der Waals surface area contributed by atoms with E-state index in [0.717, 1.165) is 54.3 Å². The van der Waals surface area contributed by atoms with Gasteiger partial charge in [0.15, 0.2) is 0 Å². The van der Waals surface area contributed by atoms with Crippen molar-refractivity contribution in [3.05, 3.63) is 71.7 Å². The molecular weight excluding hydrogens is 334 g/mol. The zero-order valence-electron chi connectivity index (χ0n) is 13.9. The summed E-state index contributed by atoms with van der Waals surface area (Å²) in [5, 5.41) is 0.740. The minimum Gasteiger partial charge on any atom is -0.472 e. The molecule has 4 rings (SSSR count). The number of aromatic nitrogens is 2. The molecule has 0 radical (unpaired) electrons. The first-order chi connectivity index (χ1) is 12.3. The molecule has 1 atom stereocenters. The van der Waals surface area contributed by atoms with Crippen LogP contribution in [-0.2, 0) is 6.54 Å². The van der Waals surface area contributed by atoms with Gasteiger partial charge in [-0.2, -0.15) is 0 Å². The second-order valence-electron chi connectivity index (χ2n) is 6.51. The molecule has 0 saturated carbocycles. The van der Waals surface area contributed by atoms with Crippen LogP contribution in [0.2, 0.25) is 5.02 Å². The average molecular weight is 354 g/mol. The number of likely N-dealkylation sites (tertiary alicyclic amines) is 1. The van der Waals surface area contributed by atoms with Crippen molar-refractivity contribution in [1.82, 2.24) is 14.9 Å². The van der Waals surface area contributed by atoms with Gasteiger partial charge in [0.2, 0.25) is 0 Å². The van der Waals surface area contributed by atoms with E-state index in [9.17, 15) is 0 Å². The van der Waals surface area contributed by atoms with Crippen LogP contribution in [0.25, 0.3) is 11.1 Å². The third-order valence-electron chi connectivity index (χ3n) is 4.79. The van der Waals surface area contributed by atoms with Gasteiger partial charge < -0.3 is 4.42 Å². The van der Waals surface area contributed by atoms with E-state index in [2.05, 4.69) is 14.9 Å². The Kier molecular flexibility index (Phi) is 4.81. The molecule has 0 N–H and O–H groups in total. The second-order valence-corrected chi connectivity index (χ2v) is 6.91. The predicted octanol–water partition coefficient (Wildman–Crippen LogP) is 4.77. The van der Waals surface area contributed by atoms with Gasteiger partial charge in [-0.15, -0.1) is 0 Å². The van der Waals surface area contributed by atoms with Crippen LogP contribution in [0.1, 0.15) is 30.0 Å². The molecule has 25 heavy (non-hydrogen) atoms. The smallest absolute Gasteiger partial charge is 0.115 e. The standard InChI is InChI=1S/C20H20ClN3O/c21-19-6-2-1-5-17(19)18-10-22-14-23-20(18)16-4-3-8-24(12-16)11-15-7-9-25-13-15/h1-2,5-7,9-10,13-14,16H,3-4,8,11-12H2. The number of rotatable bonds is 4. The maximum Gasteiger partial charge on any atom is 0.115 e. The summed E-state index contributed by atoms with van der Waals surface area (Å²) in [6.07, 6.45) is 9.38. The molecule has 1 aromatic carbocycles. The highest BCUT2D eigenvalue weighted by Gasteiger charge is 2.25. The molecule has 0 amide bonds. The Morgan fingerprint density at radius 3 is 2.96 bits per heavy atom. The van der Waals surface area contributed by atoms with E-state index in [4.69, 9.17) is 16.0 Å². The molecule has 1 saturated heterocycles. The van der Waals surface area contributed by atoms with Crippen LogP contribution >= 0.6 is 11.6 Å². The first kappa shape index (κ1) is 16.3. The Bertz CT molecular complexity index is 834. The normalized spacial score (nSPS) is 18.4. The number of halogens is 1. The number of piperidine rings is 1. The average Bonchev–Trinajstić information content (AvgIpc) is 3.15. The second kappa shape index (κ2) is 7.38. The van der Waals surface area contributed by atoms with Gasteiger partial charge in [-0.25, -0.2) is 9.97 Å². The van der Waals surface area contributed by atoms with E-state index in [1.807, 2.05) is 42.8 Å². The highest BCUT2D eigenvalue weighted by molar-refractivity contribution is 6.33. The van der Waals surface area contributed by atoms with Crippen molar-refractivity contribution in [2.75, 3.05) is 13.1 Å². The van der Waals surface area contributed by atoms with Crippen LogP contribution in [-0.4, -0.2) is 28.0 Å². The van der Waals surface area contributed by atoms with Gasteiger partial charge in [0, 0.05) is 46.9 Å². The van der Waals surface area contributed by atoms with E-state index in [1.54, 1.807) is 12.6 Å². The van der Waals surface area contributed by atoms with Crippen molar-refractivity contribution in [2.45, 2.75) is 25.3 Å². The van der Waals surface area contributed by atoms with E-state index in [0.29, 0.717) is 5.92 Å². The monoisotopic (exact) mass is 353 g/mol. The third-order valence-corrected chi connectivity index (χ3v) is 5.12. The number of hydrogen-bond donors (Lipinski definition) is 0. The summed E-state index contributed by atoms with van der Waals surface area (Å²) < 4.78 is 5.20. The summed E-state index contributed by atoms with van der Waals surface area (Å²) in [5.74, 6) is 0.384. The van der Waals surface area contributed by atoms with Crippen molar-refractivity contribution in [1.29, 1.82) is 0 Å². The van der Waals surface area contributed by atoms with E-state index >= 15 is 0 Å². The maximum atomic E-state index is 6.42. The quantitative estimate of drug-likeness (QED) is 0.677. The topological polar surface area (TPSA) is 42.2 Å². The molecule has 0 spiro atoms. The lowest BCUT2D eigenvalue weighted by molar-refractivity contribution is 0.198. The highest BCUT2D eigenvalue weighted by Crippen LogP contribution is 2.35. The first-order valence-electron chi connectivity index (χ1n) is 8.59. The van der Waals surface area contributed by atoms with Crippen LogP contribution in [0.4, 0.5) is 0 Å². The van der Waals surface area contributed by atoms with Gasteiger partial charge in [-0.05, 0) is 31.5 Å². The largest absolute Gasteiger partial charge is 0.472 e.